The third-order valence-corrected chi connectivity index (χ3v) is 4.58. The van der Waals surface area contributed by atoms with E-state index in [0.29, 0.717) is 0 Å². The maximum absolute atomic E-state index is 2.32. The molecule has 3 aromatic carbocycles. The van der Waals surface area contributed by atoms with Crippen LogP contribution < -0.4 is 0 Å². The summed E-state index contributed by atoms with van der Waals surface area (Å²) in [5.74, 6) is 0.205. The van der Waals surface area contributed by atoms with E-state index in [1.807, 2.05) is 0 Å². The zero-order valence-corrected chi connectivity index (χ0v) is 14.3. The molecule has 0 saturated heterocycles. The smallest absolute Gasteiger partial charge is 0.0496 e. The van der Waals surface area contributed by atoms with Crippen LogP contribution in [0.15, 0.2) is 103 Å². The van der Waals surface area contributed by atoms with E-state index >= 15 is 0 Å². The number of benzene rings is 3. The fraction of sp³-hybridized carbons (Fsp3) is 0.0833. The lowest BCUT2D eigenvalue weighted by atomic mass is 9.88. The Balaban J connectivity index is 1.93. The van der Waals surface area contributed by atoms with Crippen molar-refractivity contribution in [1.29, 1.82) is 0 Å². The number of hydrogen-bond acceptors (Lipinski definition) is 0. The molecule has 0 amide bonds. The van der Waals surface area contributed by atoms with Gasteiger partial charge in [-0.15, -0.1) is 0 Å². The maximum Gasteiger partial charge on any atom is 0.0496 e. The van der Waals surface area contributed by atoms with Crippen LogP contribution in [0.4, 0.5) is 0 Å². The summed E-state index contributed by atoms with van der Waals surface area (Å²) in [5.41, 5.74) is 6.38. The van der Waals surface area contributed by atoms with Crippen LogP contribution in [0.2, 0.25) is 0 Å². The van der Waals surface area contributed by atoms with Crippen LogP contribution in [-0.4, -0.2) is 4.57 Å². The van der Waals surface area contributed by atoms with Gasteiger partial charge >= 0.3 is 0 Å². The Bertz CT molecular complexity index is 898. The van der Waals surface area contributed by atoms with Crippen molar-refractivity contribution in [3.63, 3.8) is 0 Å². The summed E-state index contributed by atoms with van der Waals surface area (Å²) in [5, 5.41) is 0. The molecule has 0 spiro atoms. The molecule has 0 radical (unpaired) electrons. The number of hydrogen-bond donors (Lipinski definition) is 0. The minimum Gasteiger partial charge on any atom is -0.320 e. The SMILES string of the molecule is Cc1cc(C(c2ccccc2)c2ccccc2)n(-c2ccccc2)c1. The Kier molecular flexibility index (Phi) is 4.22. The normalized spacial score (nSPS) is 11.0. The highest BCUT2D eigenvalue weighted by atomic mass is 15.0. The topological polar surface area (TPSA) is 4.93 Å². The van der Waals surface area contributed by atoms with E-state index in [1.54, 1.807) is 0 Å². The van der Waals surface area contributed by atoms with Crippen LogP contribution in [0.3, 0.4) is 0 Å². The average Bonchev–Trinajstić information content (AvgIpc) is 3.06. The number of para-hydroxylation sites is 1. The predicted octanol–water partition coefficient (Wildman–Crippen LogP) is 5.97. The minimum absolute atomic E-state index is 0.205. The molecule has 0 bridgehead atoms. The molecule has 0 unspecified atom stereocenters. The third-order valence-electron chi connectivity index (χ3n) is 4.58. The van der Waals surface area contributed by atoms with Crippen molar-refractivity contribution in [2.24, 2.45) is 0 Å². The van der Waals surface area contributed by atoms with Gasteiger partial charge in [-0.1, -0.05) is 78.9 Å². The van der Waals surface area contributed by atoms with Gasteiger partial charge in [0.15, 0.2) is 0 Å². The lowest BCUT2D eigenvalue weighted by Crippen LogP contribution is -2.09. The third kappa shape index (κ3) is 3.14. The van der Waals surface area contributed by atoms with Gasteiger partial charge in [-0.3, -0.25) is 0 Å². The fourth-order valence-corrected chi connectivity index (χ4v) is 3.48. The van der Waals surface area contributed by atoms with Crippen LogP contribution in [0.5, 0.6) is 0 Å². The number of nitrogens with zero attached hydrogens (tertiary/aromatic N) is 1. The van der Waals surface area contributed by atoms with Gasteiger partial charge in [0.1, 0.15) is 0 Å². The van der Waals surface area contributed by atoms with E-state index in [1.165, 1.54) is 28.1 Å². The van der Waals surface area contributed by atoms with Crippen LogP contribution >= 0.6 is 0 Å². The monoisotopic (exact) mass is 323 g/mol. The molecule has 0 fully saturated rings. The summed E-state index contributed by atoms with van der Waals surface area (Å²) < 4.78 is 2.32. The molecule has 122 valence electrons. The van der Waals surface area contributed by atoms with Crippen molar-refractivity contribution in [3.8, 4) is 5.69 Å². The van der Waals surface area contributed by atoms with Gasteiger partial charge in [0.2, 0.25) is 0 Å². The van der Waals surface area contributed by atoms with E-state index in [0.717, 1.165) is 0 Å². The Morgan fingerprint density at radius 2 is 1.12 bits per heavy atom. The highest BCUT2D eigenvalue weighted by molar-refractivity contribution is 5.46. The summed E-state index contributed by atoms with van der Waals surface area (Å²) in [6, 6.07) is 34.4. The van der Waals surface area contributed by atoms with Crippen molar-refractivity contribution < 1.29 is 0 Å². The van der Waals surface area contributed by atoms with Crippen LogP contribution in [-0.2, 0) is 0 Å². The molecule has 4 rings (SSSR count). The predicted molar refractivity (Wildman–Crippen MR) is 104 cm³/mol. The molecule has 0 N–H and O–H groups in total. The average molecular weight is 323 g/mol. The van der Waals surface area contributed by atoms with Gasteiger partial charge in [0, 0.05) is 23.5 Å². The molecule has 0 aliphatic heterocycles. The zero-order chi connectivity index (χ0) is 17.1. The molecule has 1 nitrogen and oxygen atoms in total. The van der Waals surface area contributed by atoms with Gasteiger partial charge < -0.3 is 4.57 Å². The summed E-state index contributed by atoms with van der Waals surface area (Å²) in [6.45, 7) is 2.16. The highest BCUT2D eigenvalue weighted by Gasteiger charge is 2.21. The summed E-state index contributed by atoms with van der Waals surface area (Å²) in [4.78, 5) is 0. The van der Waals surface area contributed by atoms with Crippen LogP contribution in [0.25, 0.3) is 5.69 Å². The number of rotatable bonds is 4. The van der Waals surface area contributed by atoms with E-state index in [4.69, 9.17) is 0 Å². The number of aromatic nitrogens is 1. The lowest BCUT2D eigenvalue weighted by Gasteiger charge is -2.21. The molecule has 0 atom stereocenters. The molecule has 0 aliphatic rings. The second kappa shape index (κ2) is 6.82. The van der Waals surface area contributed by atoms with E-state index in [-0.39, 0.29) is 5.92 Å². The molecule has 0 saturated carbocycles. The highest BCUT2D eigenvalue weighted by Crippen LogP contribution is 2.34. The Morgan fingerprint density at radius 3 is 1.64 bits per heavy atom. The first-order valence-electron chi connectivity index (χ1n) is 8.67. The summed E-state index contributed by atoms with van der Waals surface area (Å²) in [7, 11) is 0. The van der Waals surface area contributed by atoms with Crippen LogP contribution in [0.1, 0.15) is 28.3 Å². The fourth-order valence-electron chi connectivity index (χ4n) is 3.48. The van der Waals surface area contributed by atoms with Gasteiger partial charge in [-0.05, 0) is 41.8 Å². The molecular formula is C24H21N. The van der Waals surface area contributed by atoms with E-state index in [9.17, 15) is 0 Å². The first-order valence-corrected chi connectivity index (χ1v) is 8.67. The lowest BCUT2D eigenvalue weighted by molar-refractivity contribution is 0.863. The molecule has 0 aliphatic carbocycles. The second-order valence-electron chi connectivity index (χ2n) is 6.40. The maximum atomic E-state index is 2.32. The van der Waals surface area contributed by atoms with Crippen molar-refractivity contribution >= 4 is 0 Å². The first kappa shape index (κ1) is 15.5. The largest absolute Gasteiger partial charge is 0.320 e. The zero-order valence-electron chi connectivity index (χ0n) is 14.3. The first-order chi connectivity index (χ1) is 12.3. The van der Waals surface area contributed by atoms with Crippen LogP contribution in [0, 0.1) is 6.92 Å². The molecule has 4 aromatic rings. The quantitative estimate of drug-likeness (QED) is 0.436. The minimum atomic E-state index is 0.205. The standard InChI is InChI=1S/C24H21N/c1-19-17-23(25(18-19)22-15-9-4-10-16-22)24(20-11-5-2-6-12-20)21-13-7-3-8-14-21/h2-18,24H,1H3. The number of aryl methyl sites for hydroxylation is 1. The molecular weight excluding hydrogens is 302 g/mol. The van der Waals surface area contributed by atoms with Gasteiger partial charge in [-0.25, -0.2) is 0 Å². The van der Waals surface area contributed by atoms with E-state index in [2.05, 4.69) is 115 Å². The van der Waals surface area contributed by atoms with Gasteiger partial charge in [0.25, 0.3) is 0 Å². The Morgan fingerprint density at radius 1 is 0.640 bits per heavy atom. The van der Waals surface area contributed by atoms with E-state index < -0.39 is 0 Å². The molecule has 1 heteroatoms. The summed E-state index contributed by atoms with van der Waals surface area (Å²) in [6.07, 6.45) is 2.23. The van der Waals surface area contributed by atoms with Gasteiger partial charge in [-0.2, -0.15) is 0 Å². The second-order valence-corrected chi connectivity index (χ2v) is 6.40. The van der Waals surface area contributed by atoms with Crippen molar-refractivity contribution in [3.05, 3.63) is 126 Å². The summed E-state index contributed by atoms with van der Waals surface area (Å²) >= 11 is 0. The molecule has 1 aromatic heterocycles. The van der Waals surface area contributed by atoms with Crippen molar-refractivity contribution in [1.82, 2.24) is 4.57 Å². The molecule has 1 heterocycles. The molecule has 25 heavy (non-hydrogen) atoms. The Labute approximate surface area is 149 Å². The van der Waals surface area contributed by atoms with Crippen molar-refractivity contribution in [2.45, 2.75) is 12.8 Å². The van der Waals surface area contributed by atoms with Crippen molar-refractivity contribution in [2.75, 3.05) is 0 Å². The van der Waals surface area contributed by atoms with Gasteiger partial charge in [0.05, 0.1) is 0 Å². The Hall–Kier alpha value is -3.06.